The van der Waals surface area contributed by atoms with Crippen LogP contribution in [0.25, 0.3) is 16.9 Å². The van der Waals surface area contributed by atoms with Crippen molar-refractivity contribution in [2.75, 3.05) is 11.9 Å². The van der Waals surface area contributed by atoms with Gasteiger partial charge in [-0.2, -0.15) is 0 Å². The van der Waals surface area contributed by atoms with Crippen LogP contribution in [0, 0.1) is 0 Å². The molecule has 3 heterocycles. The Labute approximate surface area is 167 Å². The quantitative estimate of drug-likeness (QED) is 0.472. The Kier molecular flexibility index (Phi) is 5.38. The average Bonchev–Trinajstić information content (AvgIpc) is 3.41. The van der Waals surface area contributed by atoms with Crippen molar-refractivity contribution in [3.05, 3.63) is 78.9 Å². The number of rotatable bonds is 7. The first kappa shape index (κ1) is 18.5. The zero-order valence-corrected chi connectivity index (χ0v) is 15.7. The van der Waals surface area contributed by atoms with Crippen LogP contribution in [0.4, 0.5) is 5.82 Å². The normalized spacial score (nSPS) is 10.8. The lowest BCUT2D eigenvalue weighted by Gasteiger charge is -2.08. The van der Waals surface area contributed by atoms with Crippen molar-refractivity contribution in [2.24, 2.45) is 0 Å². The van der Waals surface area contributed by atoms with E-state index in [1.807, 2.05) is 59.1 Å². The van der Waals surface area contributed by atoms with E-state index in [0.717, 1.165) is 16.9 Å². The van der Waals surface area contributed by atoms with E-state index in [2.05, 4.69) is 15.6 Å². The molecule has 29 heavy (non-hydrogen) atoms. The summed E-state index contributed by atoms with van der Waals surface area (Å²) in [5.41, 5.74) is 2.40. The van der Waals surface area contributed by atoms with Crippen molar-refractivity contribution in [1.82, 2.24) is 14.7 Å². The maximum Gasteiger partial charge on any atom is 0.286 e. The molecule has 0 fully saturated rings. The standard InChI is InChI=1S/C22H20N4O3/c27-19(12-6-13-23-22(28)17-10-7-15-29-17)25-21-20(16-8-2-1-3-9-16)24-18-11-4-5-14-26(18)21/h1-5,7-11,14-15H,6,12-13H2,(H,23,28)(H,25,27). The second-order valence-corrected chi connectivity index (χ2v) is 6.49. The van der Waals surface area contributed by atoms with Crippen molar-refractivity contribution in [3.8, 4) is 11.3 Å². The van der Waals surface area contributed by atoms with E-state index in [0.29, 0.717) is 18.8 Å². The second kappa shape index (κ2) is 8.43. The molecule has 4 aromatic rings. The third-order valence-corrected chi connectivity index (χ3v) is 4.45. The highest BCUT2D eigenvalue weighted by molar-refractivity contribution is 5.94. The number of carbonyl (C=O) groups excluding carboxylic acids is 2. The highest BCUT2D eigenvalue weighted by Gasteiger charge is 2.16. The number of imidazole rings is 1. The van der Waals surface area contributed by atoms with Gasteiger partial charge >= 0.3 is 0 Å². The largest absolute Gasteiger partial charge is 0.459 e. The minimum atomic E-state index is -0.288. The summed E-state index contributed by atoms with van der Waals surface area (Å²) >= 11 is 0. The molecule has 146 valence electrons. The van der Waals surface area contributed by atoms with Gasteiger partial charge in [-0.05, 0) is 30.7 Å². The summed E-state index contributed by atoms with van der Waals surface area (Å²) in [6.07, 6.45) is 4.10. The molecule has 0 aliphatic heterocycles. The Morgan fingerprint density at radius 2 is 1.83 bits per heavy atom. The number of nitrogens with zero attached hydrogens (tertiary/aromatic N) is 2. The Hall–Kier alpha value is -3.87. The maximum absolute atomic E-state index is 12.5. The van der Waals surface area contributed by atoms with E-state index < -0.39 is 0 Å². The van der Waals surface area contributed by atoms with Crippen molar-refractivity contribution in [1.29, 1.82) is 0 Å². The fraction of sp³-hybridized carbons (Fsp3) is 0.136. The summed E-state index contributed by atoms with van der Waals surface area (Å²) in [4.78, 5) is 29.0. The van der Waals surface area contributed by atoms with E-state index in [-0.39, 0.29) is 24.0 Å². The highest BCUT2D eigenvalue weighted by Crippen LogP contribution is 2.28. The van der Waals surface area contributed by atoms with E-state index in [1.165, 1.54) is 6.26 Å². The molecular formula is C22H20N4O3. The summed E-state index contributed by atoms with van der Waals surface area (Å²) < 4.78 is 6.90. The zero-order chi connectivity index (χ0) is 20.1. The number of carbonyl (C=O) groups is 2. The summed E-state index contributed by atoms with van der Waals surface area (Å²) in [5, 5.41) is 5.71. The van der Waals surface area contributed by atoms with Crippen LogP contribution < -0.4 is 10.6 Å². The van der Waals surface area contributed by atoms with Gasteiger partial charge in [-0.3, -0.25) is 14.0 Å². The van der Waals surface area contributed by atoms with Gasteiger partial charge in [0.25, 0.3) is 5.91 Å². The van der Waals surface area contributed by atoms with Gasteiger partial charge in [0.05, 0.1) is 6.26 Å². The summed E-state index contributed by atoms with van der Waals surface area (Å²) in [7, 11) is 0. The predicted octanol–water partition coefficient (Wildman–Crippen LogP) is 3.74. The smallest absolute Gasteiger partial charge is 0.286 e. The Morgan fingerprint density at radius 3 is 2.62 bits per heavy atom. The Bertz CT molecular complexity index is 1120. The number of furan rings is 1. The lowest BCUT2D eigenvalue weighted by Crippen LogP contribution is -2.25. The van der Waals surface area contributed by atoms with Gasteiger partial charge < -0.3 is 15.1 Å². The molecule has 0 bridgehead atoms. The first-order valence-corrected chi connectivity index (χ1v) is 9.36. The van der Waals surface area contributed by atoms with E-state index in [1.54, 1.807) is 12.1 Å². The molecule has 0 unspecified atom stereocenters. The second-order valence-electron chi connectivity index (χ2n) is 6.49. The number of hydrogen-bond acceptors (Lipinski definition) is 4. The topological polar surface area (TPSA) is 88.6 Å². The molecule has 2 N–H and O–H groups in total. The molecule has 7 heteroatoms. The van der Waals surface area contributed by atoms with Gasteiger partial charge in [0.1, 0.15) is 17.2 Å². The molecule has 0 aliphatic rings. The molecule has 0 saturated carbocycles. The third kappa shape index (κ3) is 4.19. The first-order valence-electron chi connectivity index (χ1n) is 9.36. The molecule has 3 aromatic heterocycles. The number of pyridine rings is 1. The highest BCUT2D eigenvalue weighted by atomic mass is 16.3. The van der Waals surface area contributed by atoms with Crippen LogP contribution in [0.3, 0.4) is 0 Å². The monoisotopic (exact) mass is 388 g/mol. The third-order valence-electron chi connectivity index (χ3n) is 4.45. The molecule has 1 aromatic carbocycles. The lowest BCUT2D eigenvalue weighted by molar-refractivity contribution is -0.116. The molecule has 4 rings (SSSR count). The van der Waals surface area contributed by atoms with Crippen molar-refractivity contribution < 1.29 is 14.0 Å². The van der Waals surface area contributed by atoms with Crippen molar-refractivity contribution in [2.45, 2.75) is 12.8 Å². The van der Waals surface area contributed by atoms with Gasteiger partial charge in [-0.1, -0.05) is 36.4 Å². The van der Waals surface area contributed by atoms with Crippen LogP contribution in [0.15, 0.2) is 77.5 Å². The van der Waals surface area contributed by atoms with E-state index >= 15 is 0 Å². The fourth-order valence-corrected chi connectivity index (χ4v) is 3.05. The minimum Gasteiger partial charge on any atom is -0.459 e. The summed E-state index contributed by atoms with van der Waals surface area (Å²) in [6.45, 7) is 0.381. The molecule has 0 saturated heterocycles. The van der Waals surface area contributed by atoms with Crippen LogP contribution in [-0.4, -0.2) is 27.7 Å². The van der Waals surface area contributed by atoms with Gasteiger partial charge in [0, 0.05) is 24.7 Å². The Balaban J connectivity index is 1.42. The van der Waals surface area contributed by atoms with E-state index in [9.17, 15) is 9.59 Å². The average molecular weight is 388 g/mol. The number of hydrogen-bond donors (Lipinski definition) is 2. The van der Waals surface area contributed by atoms with Crippen LogP contribution in [-0.2, 0) is 4.79 Å². The first-order chi connectivity index (χ1) is 14.2. The van der Waals surface area contributed by atoms with Crippen LogP contribution in [0.2, 0.25) is 0 Å². The van der Waals surface area contributed by atoms with Gasteiger partial charge in [0.2, 0.25) is 5.91 Å². The van der Waals surface area contributed by atoms with Crippen LogP contribution >= 0.6 is 0 Å². The Morgan fingerprint density at radius 1 is 1.00 bits per heavy atom. The molecule has 2 amide bonds. The maximum atomic E-state index is 12.5. The molecule has 0 atom stereocenters. The zero-order valence-electron chi connectivity index (χ0n) is 15.7. The molecular weight excluding hydrogens is 368 g/mol. The van der Waals surface area contributed by atoms with Gasteiger partial charge in [-0.15, -0.1) is 0 Å². The fourth-order valence-electron chi connectivity index (χ4n) is 3.05. The number of nitrogens with one attached hydrogen (secondary N) is 2. The van der Waals surface area contributed by atoms with Crippen molar-refractivity contribution >= 4 is 23.3 Å². The predicted molar refractivity (Wildman–Crippen MR) is 110 cm³/mol. The van der Waals surface area contributed by atoms with E-state index in [4.69, 9.17) is 4.42 Å². The molecule has 7 nitrogen and oxygen atoms in total. The van der Waals surface area contributed by atoms with Crippen LogP contribution in [0.5, 0.6) is 0 Å². The number of aromatic nitrogens is 2. The molecule has 0 aliphatic carbocycles. The number of benzene rings is 1. The number of fused-ring (bicyclic) bond motifs is 1. The van der Waals surface area contributed by atoms with Gasteiger partial charge in [0.15, 0.2) is 5.76 Å². The van der Waals surface area contributed by atoms with Gasteiger partial charge in [-0.25, -0.2) is 4.98 Å². The number of anilines is 1. The summed E-state index contributed by atoms with van der Waals surface area (Å²) in [6, 6.07) is 18.7. The minimum absolute atomic E-state index is 0.139. The summed E-state index contributed by atoms with van der Waals surface area (Å²) in [5.74, 6) is 0.466. The molecule has 0 spiro atoms. The SMILES string of the molecule is O=C(CCCNC(=O)c1ccco1)Nc1c(-c2ccccc2)nc2ccccn12. The van der Waals surface area contributed by atoms with Crippen LogP contribution in [0.1, 0.15) is 23.4 Å². The van der Waals surface area contributed by atoms with Crippen molar-refractivity contribution in [3.63, 3.8) is 0 Å². The molecule has 0 radical (unpaired) electrons. The lowest BCUT2D eigenvalue weighted by atomic mass is 10.1. The number of amides is 2.